The molecular weight excluding hydrogens is 380 g/mol. The fourth-order valence-electron chi connectivity index (χ4n) is 2.67. The van der Waals surface area contributed by atoms with Crippen LogP contribution in [0.1, 0.15) is 65.2 Å². The first kappa shape index (κ1) is 27.5. The lowest BCUT2D eigenvalue weighted by Gasteiger charge is -2.16. The summed E-state index contributed by atoms with van der Waals surface area (Å²) in [4.78, 5) is 4.44. The van der Waals surface area contributed by atoms with Gasteiger partial charge in [0.1, 0.15) is 0 Å². The number of aliphatic imine (C=N–C) groups is 1. The van der Waals surface area contributed by atoms with Crippen LogP contribution in [-0.2, 0) is 12.5 Å². The minimum Gasteiger partial charge on any atom is -0.355 e. The molecule has 0 unspecified atom stereocenters. The van der Waals surface area contributed by atoms with Gasteiger partial charge in [0.15, 0.2) is 0 Å². The van der Waals surface area contributed by atoms with Gasteiger partial charge in [-0.25, -0.2) is 8.78 Å². The average Bonchev–Trinajstić information content (AvgIpc) is 2.76. The molecule has 2 rings (SSSR count). The van der Waals surface area contributed by atoms with Gasteiger partial charge in [-0.3, -0.25) is 4.99 Å². The van der Waals surface area contributed by atoms with Crippen LogP contribution in [0, 0.1) is 0 Å². The quantitative estimate of drug-likeness (QED) is 0.452. The summed E-state index contributed by atoms with van der Waals surface area (Å²) >= 11 is 0. The zero-order valence-electron chi connectivity index (χ0n) is 19.6. The van der Waals surface area contributed by atoms with Crippen molar-refractivity contribution in [3.63, 3.8) is 0 Å². The second kappa shape index (κ2) is 14.5. The highest BCUT2D eigenvalue weighted by atomic mass is 19.3. The highest BCUT2D eigenvalue weighted by Gasteiger charge is 2.23. The number of allylic oxidation sites excluding steroid dienone is 1. The number of hydrogen-bond acceptors (Lipinski definition) is 3. The number of rotatable bonds is 7. The van der Waals surface area contributed by atoms with E-state index in [-0.39, 0.29) is 5.56 Å². The van der Waals surface area contributed by atoms with E-state index in [1.807, 2.05) is 66.8 Å². The largest absolute Gasteiger partial charge is 0.355 e. The van der Waals surface area contributed by atoms with Gasteiger partial charge in [0.25, 0.3) is 5.92 Å². The normalized spacial score (nSPS) is 11.3. The molecule has 0 fully saturated rings. The molecule has 0 saturated carbocycles. The molecule has 30 heavy (non-hydrogen) atoms. The minimum absolute atomic E-state index is 0.00244. The van der Waals surface area contributed by atoms with Crippen molar-refractivity contribution >= 4 is 23.3 Å². The monoisotopic (exact) mass is 417 g/mol. The van der Waals surface area contributed by atoms with Gasteiger partial charge < -0.3 is 10.6 Å². The number of nitrogens with one attached hydrogen (secondary N) is 2. The number of halogens is 2. The van der Waals surface area contributed by atoms with Crippen molar-refractivity contribution in [2.24, 2.45) is 4.99 Å². The Balaban J connectivity index is 0.00000198. The van der Waals surface area contributed by atoms with Gasteiger partial charge in [-0.15, -0.1) is 0 Å². The number of nitrogens with zero attached hydrogens (tertiary/aromatic N) is 1. The molecule has 5 heteroatoms. The summed E-state index contributed by atoms with van der Waals surface area (Å²) in [5.74, 6) is -2.84. The molecular formula is C25H37F2N3. The minimum atomic E-state index is -2.84. The van der Waals surface area contributed by atoms with Crippen LogP contribution >= 0.6 is 0 Å². The Morgan fingerprint density at radius 1 is 1.00 bits per heavy atom. The van der Waals surface area contributed by atoms with Crippen LogP contribution in [0.25, 0.3) is 5.70 Å². The number of anilines is 2. The third-order valence-electron chi connectivity index (χ3n) is 3.95. The lowest BCUT2D eigenvalue weighted by molar-refractivity contribution is 0.0175. The van der Waals surface area contributed by atoms with E-state index in [4.69, 9.17) is 0 Å². The predicted octanol–water partition coefficient (Wildman–Crippen LogP) is 7.77. The molecule has 0 amide bonds. The van der Waals surface area contributed by atoms with Gasteiger partial charge in [0, 0.05) is 42.2 Å². The van der Waals surface area contributed by atoms with Crippen LogP contribution < -0.4 is 10.6 Å². The maximum absolute atomic E-state index is 13.4. The van der Waals surface area contributed by atoms with Crippen LogP contribution in [-0.4, -0.2) is 13.3 Å². The lowest BCUT2D eigenvalue weighted by Crippen LogP contribution is -2.07. The van der Waals surface area contributed by atoms with E-state index in [9.17, 15) is 8.78 Å². The fourth-order valence-corrected chi connectivity index (χ4v) is 2.67. The fraction of sp³-hybridized carbons (Fsp3) is 0.400. The summed E-state index contributed by atoms with van der Waals surface area (Å²) in [5.41, 5.74) is 4.57. The molecule has 2 aromatic rings. The molecule has 0 atom stereocenters. The standard InChI is InChI=1S/C21H25F2N3.2C2H6/c1-5-19(25-6-2)18-13-15(14-24-4)7-12-20(18)26-17-10-8-16(9-11-17)21(3,22)23;2*1-2/h5-13,24,26H,14H2,1-4H3;2*1-2H3/b19-5-,25-6?;;. The van der Waals surface area contributed by atoms with Crippen molar-refractivity contribution in [2.45, 2.75) is 60.9 Å². The van der Waals surface area contributed by atoms with E-state index in [0.29, 0.717) is 0 Å². The van der Waals surface area contributed by atoms with Crippen LogP contribution in [0.4, 0.5) is 20.2 Å². The summed E-state index contributed by atoms with van der Waals surface area (Å²) in [6.45, 7) is 13.5. The highest BCUT2D eigenvalue weighted by Crippen LogP contribution is 2.31. The topological polar surface area (TPSA) is 36.4 Å². The summed E-state index contributed by atoms with van der Waals surface area (Å²) in [5, 5.41) is 6.45. The Morgan fingerprint density at radius 2 is 1.60 bits per heavy atom. The molecule has 0 aromatic heterocycles. The van der Waals surface area contributed by atoms with Gasteiger partial charge in [-0.05, 0) is 50.7 Å². The number of benzene rings is 2. The maximum atomic E-state index is 13.4. The molecule has 0 heterocycles. The summed E-state index contributed by atoms with van der Waals surface area (Å²) in [7, 11) is 1.90. The first-order chi connectivity index (χ1) is 14.4. The Hall–Kier alpha value is -2.53. The zero-order chi connectivity index (χ0) is 23.2. The molecule has 0 aliphatic carbocycles. The SMILES string of the molecule is CC.CC.CC=N/C(=C\C)c1cc(CNC)ccc1Nc1ccc(C(C)(F)F)cc1. The third kappa shape index (κ3) is 8.46. The second-order valence-electron chi connectivity index (χ2n) is 6.06. The molecule has 0 bridgehead atoms. The van der Waals surface area contributed by atoms with Crippen LogP contribution in [0.5, 0.6) is 0 Å². The Labute approximate surface area is 181 Å². The van der Waals surface area contributed by atoms with E-state index >= 15 is 0 Å². The molecule has 2 N–H and O–H groups in total. The second-order valence-corrected chi connectivity index (χ2v) is 6.06. The number of alkyl halides is 2. The van der Waals surface area contributed by atoms with Gasteiger partial charge >= 0.3 is 0 Å². The third-order valence-corrected chi connectivity index (χ3v) is 3.95. The number of hydrogen-bond donors (Lipinski definition) is 2. The molecule has 0 saturated heterocycles. The van der Waals surface area contributed by atoms with Crippen LogP contribution in [0.15, 0.2) is 53.5 Å². The summed E-state index contributed by atoms with van der Waals surface area (Å²) < 4.78 is 26.8. The molecule has 0 spiro atoms. The Bertz CT molecular complexity index is 789. The average molecular weight is 418 g/mol. The van der Waals surface area contributed by atoms with Gasteiger partial charge in [0.2, 0.25) is 0 Å². The van der Waals surface area contributed by atoms with Crippen molar-refractivity contribution in [3.05, 3.63) is 65.2 Å². The Kier molecular flexibility index (Phi) is 13.2. The van der Waals surface area contributed by atoms with E-state index in [2.05, 4.69) is 21.7 Å². The van der Waals surface area contributed by atoms with Crippen molar-refractivity contribution in [3.8, 4) is 0 Å². The first-order valence-corrected chi connectivity index (χ1v) is 10.6. The zero-order valence-corrected chi connectivity index (χ0v) is 19.6. The van der Waals surface area contributed by atoms with E-state index < -0.39 is 5.92 Å². The van der Waals surface area contributed by atoms with E-state index in [1.165, 1.54) is 12.1 Å². The van der Waals surface area contributed by atoms with Gasteiger partial charge in [0.05, 0.1) is 5.70 Å². The molecule has 0 aliphatic heterocycles. The van der Waals surface area contributed by atoms with Crippen molar-refractivity contribution in [1.29, 1.82) is 0 Å². The molecule has 166 valence electrons. The summed E-state index contributed by atoms with van der Waals surface area (Å²) in [6.07, 6.45) is 3.70. The van der Waals surface area contributed by atoms with Crippen LogP contribution in [0.3, 0.4) is 0 Å². The highest BCUT2D eigenvalue weighted by molar-refractivity contribution is 5.82. The first-order valence-electron chi connectivity index (χ1n) is 10.6. The predicted molar refractivity (Wildman–Crippen MR) is 129 cm³/mol. The molecule has 0 aliphatic rings. The Morgan fingerprint density at radius 3 is 2.07 bits per heavy atom. The van der Waals surface area contributed by atoms with Crippen molar-refractivity contribution in [1.82, 2.24) is 5.32 Å². The van der Waals surface area contributed by atoms with E-state index in [0.717, 1.165) is 41.7 Å². The van der Waals surface area contributed by atoms with Gasteiger partial charge in [-0.2, -0.15) is 0 Å². The maximum Gasteiger partial charge on any atom is 0.270 e. The van der Waals surface area contributed by atoms with Crippen molar-refractivity contribution < 1.29 is 8.78 Å². The molecule has 3 nitrogen and oxygen atoms in total. The molecule has 0 radical (unpaired) electrons. The van der Waals surface area contributed by atoms with Crippen LogP contribution in [0.2, 0.25) is 0 Å². The smallest absolute Gasteiger partial charge is 0.270 e. The summed E-state index contributed by atoms with van der Waals surface area (Å²) in [6, 6.07) is 12.3. The molecule has 2 aromatic carbocycles. The van der Waals surface area contributed by atoms with Crippen molar-refractivity contribution in [2.75, 3.05) is 12.4 Å². The van der Waals surface area contributed by atoms with E-state index in [1.54, 1.807) is 18.3 Å². The van der Waals surface area contributed by atoms with Gasteiger partial charge in [-0.1, -0.05) is 52.0 Å². The lowest BCUT2D eigenvalue weighted by atomic mass is 10.0.